The van der Waals surface area contributed by atoms with E-state index in [4.69, 9.17) is 10.1 Å². The zero-order chi connectivity index (χ0) is 25.6. The SMILES string of the molecule is Cc1cc(-c2cnc3c(NCC4(C)CCN4)cc(Sc4cccc(F)c4)nn23)ccc1C(=O)NC1CC1. The van der Waals surface area contributed by atoms with E-state index >= 15 is 0 Å². The van der Waals surface area contributed by atoms with E-state index in [2.05, 4.69) is 22.9 Å². The van der Waals surface area contributed by atoms with Crippen LogP contribution >= 0.6 is 11.8 Å². The quantitative estimate of drug-likeness (QED) is 0.304. The van der Waals surface area contributed by atoms with Crippen molar-refractivity contribution in [2.75, 3.05) is 18.4 Å². The minimum atomic E-state index is -0.280. The van der Waals surface area contributed by atoms with Gasteiger partial charge in [-0.25, -0.2) is 13.9 Å². The number of hydrogen-bond donors (Lipinski definition) is 3. The van der Waals surface area contributed by atoms with Gasteiger partial charge in [0.15, 0.2) is 5.65 Å². The summed E-state index contributed by atoms with van der Waals surface area (Å²) in [4.78, 5) is 18.1. The third-order valence-corrected chi connectivity index (χ3v) is 7.94. The summed E-state index contributed by atoms with van der Waals surface area (Å²) in [6.45, 7) is 5.92. The number of amides is 1. The maximum Gasteiger partial charge on any atom is 0.251 e. The second-order valence-corrected chi connectivity index (χ2v) is 11.3. The molecular weight excluding hydrogens is 487 g/mol. The molecule has 37 heavy (non-hydrogen) atoms. The van der Waals surface area contributed by atoms with Crippen molar-refractivity contribution in [3.05, 3.63) is 71.7 Å². The van der Waals surface area contributed by atoms with Gasteiger partial charge in [-0.1, -0.05) is 23.9 Å². The molecule has 1 saturated heterocycles. The number of anilines is 1. The highest BCUT2D eigenvalue weighted by atomic mass is 32.2. The summed E-state index contributed by atoms with van der Waals surface area (Å²) in [6, 6.07) is 14.6. The molecule has 9 heteroatoms. The Hall–Kier alpha value is -3.43. The number of rotatable bonds is 8. The zero-order valence-corrected chi connectivity index (χ0v) is 21.7. The van der Waals surface area contributed by atoms with Crippen molar-refractivity contribution in [3.63, 3.8) is 0 Å². The van der Waals surface area contributed by atoms with Crippen LogP contribution in [0.25, 0.3) is 16.9 Å². The minimum absolute atomic E-state index is 0.0267. The summed E-state index contributed by atoms with van der Waals surface area (Å²) in [6.07, 6.45) is 5.02. The van der Waals surface area contributed by atoms with E-state index in [0.29, 0.717) is 11.6 Å². The predicted octanol–water partition coefficient (Wildman–Crippen LogP) is 5.05. The molecule has 1 saturated carbocycles. The van der Waals surface area contributed by atoms with Crippen LogP contribution in [0, 0.1) is 12.7 Å². The number of imidazole rings is 1. The Bertz CT molecular complexity index is 1490. The zero-order valence-electron chi connectivity index (χ0n) is 20.8. The average molecular weight is 517 g/mol. The lowest BCUT2D eigenvalue weighted by molar-refractivity contribution is 0.0950. The molecule has 0 bridgehead atoms. The van der Waals surface area contributed by atoms with Gasteiger partial charge in [0.2, 0.25) is 0 Å². The molecule has 2 fully saturated rings. The summed E-state index contributed by atoms with van der Waals surface area (Å²) in [5.41, 5.74) is 4.96. The van der Waals surface area contributed by atoms with Crippen molar-refractivity contribution >= 4 is 29.0 Å². The number of aryl methyl sites for hydroxylation is 1. The Morgan fingerprint density at radius 3 is 2.78 bits per heavy atom. The molecule has 2 aromatic heterocycles. The molecule has 2 aliphatic rings. The number of nitrogens with one attached hydrogen (secondary N) is 3. The van der Waals surface area contributed by atoms with E-state index < -0.39 is 0 Å². The number of aromatic nitrogens is 3. The van der Waals surface area contributed by atoms with Crippen LogP contribution in [0.5, 0.6) is 0 Å². The highest BCUT2D eigenvalue weighted by Gasteiger charge is 2.31. The van der Waals surface area contributed by atoms with Crippen LogP contribution in [0.2, 0.25) is 0 Å². The Labute approximate surface area is 219 Å². The van der Waals surface area contributed by atoms with Gasteiger partial charge in [-0.3, -0.25) is 4.79 Å². The lowest BCUT2D eigenvalue weighted by Crippen LogP contribution is -2.58. The van der Waals surface area contributed by atoms with Gasteiger partial charge in [-0.05, 0) is 81.6 Å². The monoisotopic (exact) mass is 516 g/mol. The van der Waals surface area contributed by atoms with Crippen molar-refractivity contribution in [2.24, 2.45) is 0 Å². The van der Waals surface area contributed by atoms with Crippen LogP contribution < -0.4 is 16.0 Å². The topological polar surface area (TPSA) is 83.3 Å². The predicted molar refractivity (Wildman–Crippen MR) is 144 cm³/mol. The van der Waals surface area contributed by atoms with Crippen LogP contribution in [-0.4, -0.2) is 45.2 Å². The highest BCUT2D eigenvalue weighted by molar-refractivity contribution is 7.99. The Morgan fingerprint density at radius 1 is 1.24 bits per heavy atom. The number of benzene rings is 2. The van der Waals surface area contributed by atoms with Gasteiger partial charge in [0.05, 0.1) is 17.6 Å². The van der Waals surface area contributed by atoms with Crippen molar-refractivity contribution in [1.29, 1.82) is 0 Å². The normalized spacial score (nSPS) is 19.0. The van der Waals surface area contributed by atoms with Crippen LogP contribution in [0.15, 0.2) is 64.6 Å². The van der Waals surface area contributed by atoms with E-state index in [9.17, 15) is 9.18 Å². The van der Waals surface area contributed by atoms with E-state index in [1.54, 1.807) is 6.07 Å². The first-order valence-electron chi connectivity index (χ1n) is 12.6. The first-order chi connectivity index (χ1) is 17.9. The molecule has 3 heterocycles. The molecule has 6 rings (SSSR count). The summed E-state index contributed by atoms with van der Waals surface area (Å²) in [7, 11) is 0. The van der Waals surface area contributed by atoms with Gasteiger partial charge in [0.1, 0.15) is 10.8 Å². The average Bonchev–Trinajstić information content (AvgIpc) is 3.56. The van der Waals surface area contributed by atoms with E-state index in [-0.39, 0.29) is 17.3 Å². The summed E-state index contributed by atoms with van der Waals surface area (Å²) in [5, 5.41) is 15.7. The summed E-state index contributed by atoms with van der Waals surface area (Å²) < 4.78 is 15.7. The molecule has 190 valence electrons. The van der Waals surface area contributed by atoms with Gasteiger partial charge < -0.3 is 16.0 Å². The second kappa shape index (κ2) is 9.46. The molecule has 3 N–H and O–H groups in total. The van der Waals surface area contributed by atoms with Gasteiger partial charge in [0.25, 0.3) is 5.91 Å². The maximum absolute atomic E-state index is 13.8. The summed E-state index contributed by atoms with van der Waals surface area (Å²) >= 11 is 1.40. The van der Waals surface area contributed by atoms with Crippen LogP contribution in [-0.2, 0) is 0 Å². The lowest BCUT2D eigenvalue weighted by Gasteiger charge is -2.40. The van der Waals surface area contributed by atoms with Gasteiger partial charge in [-0.15, -0.1) is 0 Å². The highest BCUT2D eigenvalue weighted by Crippen LogP contribution is 2.33. The number of nitrogens with zero attached hydrogens (tertiary/aromatic N) is 3. The first-order valence-corrected chi connectivity index (χ1v) is 13.4. The maximum atomic E-state index is 13.8. The number of fused-ring (bicyclic) bond motifs is 1. The Balaban J connectivity index is 1.37. The van der Waals surface area contributed by atoms with Crippen LogP contribution in [0.1, 0.15) is 42.1 Å². The number of carbonyl (C=O) groups excluding carboxylic acids is 1. The third kappa shape index (κ3) is 5.06. The second-order valence-electron chi connectivity index (χ2n) is 10.2. The summed E-state index contributed by atoms with van der Waals surface area (Å²) in [5.74, 6) is -0.306. The number of halogens is 1. The standard InChI is InChI=1S/C28H29FN6OS/c1-17-12-18(6-9-22(17)27(36)33-20-7-8-20)24-15-30-26-23(31-16-28(2)10-11-32-28)14-25(34-35(24)26)37-21-5-3-4-19(29)13-21/h3-6,9,12-15,20,31-32H,7-8,10-11,16H2,1-2H3,(H,33,36). The third-order valence-electron chi connectivity index (χ3n) is 7.04. The smallest absolute Gasteiger partial charge is 0.251 e. The molecule has 1 atom stereocenters. The fraction of sp³-hybridized carbons (Fsp3) is 0.321. The fourth-order valence-corrected chi connectivity index (χ4v) is 5.39. The van der Waals surface area contributed by atoms with Gasteiger partial charge in [-0.2, -0.15) is 5.10 Å². The van der Waals surface area contributed by atoms with Crippen molar-refractivity contribution in [3.8, 4) is 11.3 Å². The van der Waals surface area contributed by atoms with Crippen LogP contribution in [0.4, 0.5) is 10.1 Å². The number of hydrogen-bond acceptors (Lipinski definition) is 6. The molecule has 1 unspecified atom stereocenters. The molecule has 1 aliphatic heterocycles. The molecule has 1 aliphatic carbocycles. The Morgan fingerprint density at radius 2 is 2.08 bits per heavy atom. The molecule has 1 amide bonds. The molecule has 7 nitrogen and oxygen atoms in total. The van der Waals surface area contributed by atoms with Gasteiger partial charge >= 0.3 is 0 Å². The molecule has 0 radical (unpaired) electrons. The van der Waals surface area contributed by atoms with Crippen molar-refractivity contribution < 1.29 is 9.18 Å². The molecule has 2 aromatic carbocycles. The van der Waals surface area contributed by atoms with Gasteiger partial charge in [0, 0.05) is 34.1 Å². The minimum Gasteiger partial charge on any atom is -0.380 e. The Kier molecular flexibility index (Phi) is 6.12. The van der Waals surface area contributed by atoms with E-state index in [1.807, 2.05) is 48.0 Å². The van der Waals surface area contributed by atoms with Crippen molar-refractivity contribution in [1.82, 2.24) is 25.2 Å². The van der Waals surface area contributed by atoms with E-state index in [0.717, 1.165) is 70.4 Å². The molecular formula is C28H29FN6OS. The largest absolute Gasteiger partial charge is 0.380 e. The first kappa shape index (κ1) is 23.9. The fourth-order valence-electron chi connectivity index (χ4n) is 4.54. The van der Waals surface area contributed by atoms with Crippen LogP contribution in [0.3, 0.4) is 0 Å². The molecule has 4 aromatic rings. The lowest BCUT2D eigenvalue weighted by atomic mass is 9.90. The van der Waals surface area contributed by atoms with E-state index in [1.165, 1.54) is 23.9 Å². The van der Waals surface area contributed by atoms with Crippen molar-refractivity contribution in [2.45, 2.75) is 54.6 Å². The molecule has 0 spiro atoms. The number of carbonyl (C=O) groups is 1.